The van der Waals surface area contributed by atoms with Crippen LogP contribution in [0.1, 0.15) is 99.9 Å². The number of phenolic OH excluding ortho intramolecular Hbond substituents is 2. The van der Waals surface area contributed by atoms with E-state index < -0.39 is 10.8 Å². The Balaban J connectivity index is 0.00000642. The molecule has 8 aromatic carbocycles. The molecule has 0 unspecified atom stereocenters. The van der Waals surface area contributed by atoms with Gasteiger partial charge in [0.1, 0.15) is 11.5 Å². The topological polar surface area (TPSA) is 53.4 Å². The summed E-state index contributed by atoms with van der Waals surface area (Å²) in [5.41, 5.74) is 13.4. The van der Waals surface area contributed by atoms with Crippen molar-refractivity contribution in [1.82, 2.24) is 4.98 Å². The fourth-order valence-corrected chi connectivity index (χ4v) is 10.0. The maximum absolute atomic E-state index is 12.7. The molecule has 0 aliphatic carbocycles. The van der Waals surface area contributed by atoms with E-state index in [0.717, 1.165) is 78.1 Å². The zero-order valence-electron chi connectivity index (χ0n) is 41.0. The maximum atomic E-state index is 12.7. The van der Waals surface area contributed by atoms with E-state index in [0.29, 0.717) is 0 Å². The average molecular weight is 979 g/mol. The van der Waals surface area contributed by atoms with Crippen molar-refractivity contribution in [1.29, 1.82) is 0 Å². The van der Waals surface area contributed by atoms with Gasteiger partial charge in [-0.2, -0.15) is 0 Å². The molecule has 0 amide bonds. The summed E-state index contributed by atoms with van der Waals surface area (Å²) in [7, 11) is 0. The molecule has 0 aliphatic heterocycles. The van der Waals surface area contributed by atoms with Gasteiger partial charge in [-0.15, -0.1) is 0 Å². The van der Waals surface area contributed by atoms with Crippen molar-refractivity contribution < 1.29 is 36.4 Å². The molecule has 0 saturated carbocycles. The summed E-state index contributed by atoms with van der Waals surface area (Å²) in [5, 5.41) is 25.3. The van der Waals surface area contributed by atoms with E-state index in [1.54, 1.807) is 0 Å². The van der Waals surface area contributed by atoms with Crippen LogP contribution in [0.5, 0.6) is 11.5 Å². The van der Waals surface area contributed by atoms with Crippen molar-refractivity contribution in [2.45, 2.75) is 77.0 Å². The van der Waals surface area contributed by atoms with E-state index >= 15 is 0 Å². The molecule has 0 aliphatic rings. The minimum atomic E-state index is -0.519. The van der Waals surface area contributed by atoms with Crippen LogP contribution < -0.4 is 0 Å². The molecule has 4 heteroatoms. The number of hydrogen-bond acceptors (Lipinski definition) is 3. The minimum Gasteiger partial charge on any atom is -0.507 e. The third-order valence-corrected chi connectivity index (χ3v) is 14.7. The summed E-state index contributed by atoms with van der Waals surface area (Å²) in [4.78, 5) is 5.46. The molecule has 0 radical (unpaired) electrons. The molecule has 0 bridgehead atoms. The van der Waals surface area contributed by atoms with Gasteiger partial charge in [-0.05, 0) is 68.8 Å². The Morgan fingerprint density at radius 2 is 0.551 bits per heavy atom. The van der Waals surface area contributed by atoms with E-state index in [9.17, 15) is 10.2 Å². The standard InChI is InChI=1S/C65H61NO2.Zr/c1-62(2,44-26-13-9-14-27-44)48-40-54(60(67)56(42-48)64(5,6)46-30-17-11-18-31-46)50-34-21-23-36-52(50)58-38-25-39-59(66-58)53-37-24-22-35-51(53)55-41-49(63(3,4)45-28-15-10-16-29-45)43-57(61(55)68)65(7,8)47-32-19-12-20-33-47;/h9-43,67-68H,1-8H3;. The van der Waals surface area contributed by atoms with Gasteiger partial charge in [0.15, 0.2) is 0 Å². The molecule has 9 aromatic rings. The Labute approximate surface area is 428 Å². The fourth-order valence-electron chi connectivity index (χ4n) is 10.0. The fraction of sp³-hybridized carbons (Fsp3) is 0.185. The summed E-state index contributed by atoms with van der Waals surface area (Å²) in [6, 6.07) is 73.5. The zero-order chi connectivity index (χ0) is 47.8. The van der Waals surface area contributed by atoms with Crippen LogP contribution >= 0.6 is 0 Å². The van der Waals surface area contributed by atoms with E-state index in [1.807, 2.05) is 36.4 Å². The monoisotopic (exact) mass is 977 g/mol. The average Bonchev–Trinajstić information content (AvgIpc) is 3.37. The first-order valence-corrected chi connectivity index (χ1v) is 23.7. The SMILES string of the molecule is CC(C)(c1ccccc1)c1cc(-c2ccccc2-c2cccc(-c3ccccc3-c3cc(C(C)(C)c4ccccc4)cc(C(C)(C)c4ccccc4)c3O)n2)c(O)c(C(C)(C)c2ccccc2)c1.[Zr]. The molecule has 3 nitrogen and oxygen atoms in total. The van der Waals surface area contributed by atoms with Crippen LogP contribution in [0.2, 0.25) is 0 Å². The molecule has 0 atom stereocenters. The molecule has 1 aromatic heterocycles. The third kappa shape index (κ3) is 9.20. The molecule has 1 heterocycles. The van der Waals surface area contributed by atoms with Crippen LogP contribution in [0.25, 0.3) is 44.8 Å². The van der Waals surface area contributed by atoms with E-state index in [1.165, 1.54) is 11.1 Å². The Morgan fingerprint density at radius 1 is 0.275 bits per heavy atom. The summed E-state index contributed by atoms with van der Waals surface area (Å²) in [6.07, 6.45) is 0. The number of rotatable bonds is 12. The van der Waals surface area contributed by atoms with Gasteiger partial charge in [0, 0.05) is 81.2 Å². The largest absolute Gasteiger partial charge is 0.507 e. The van der Waals surface area contributed by atoms with Crippen molar-refractivity contribution >= 4 is 0 Å². The zero-order valence-corrected chi connectivity index (χ0v) is 43.5. The van der Waals surface area contributed by atoms with Crippen molar-refractivity contribution in [2.24, 2.45) is 0 Å². The second-order valence-electron chi connectivity index (χ2n) is 20.3. The predicted molar refractivity (Wildman–Crippen MR) is 284 cm³/mol. The number of benzene rings is 8. The first-order valence-electron chi connectivity index (χ1n) is 23.7. The van der Waals surface area contributed by atoms with Crippen LogP contribution in [0, 0.1) is 0 Å². The van der Waals surface area contributed by atoms with Crippen LogP contribution in [0.3, 0.4) is 0 Å². The molecular formula is C65H61NO2Zr. The predicted octanol–water partition coefficient (Wildman–Crippen LogP) is 16.5. The number of hydrogen-bond donors (Lipinski definition) is 2. The van der Waals surface area contributed by atoms with Gasteiger partial charge in [0.25, 0.3) is 0 Å². The molecule has 2 N–H and O–H groups in total. The smallest absolute Gasteiger partial charge is 0.127 e. The van der Waals surface area contributed by atoms with Crippen molar-refractivity contribution in [2.75, 3.05) is 0 Å². The van der Waals surface area contributed by atoms with Crippen LogP contribution in [0.4, 0.5) is 0 Å². The third-order valence-electron chi connectivity index (χ3n) is 14.7. The molecule has 69 heavy (non-hydrogen) atoms. The van der Waals surface area contributed by atoms with Gasteiger partial charge in [-0.1, -0.05) is 243 Å². The van der Waals surface area contributed by atoms with E-state index in [-0.39, 0.29) is 48.5 Å². The first-order chi connectivity index (χ1) is 32.6. The summed E-state index contributed by atoms with van der Waals surface area (Å²) < 4.78 is 0. The van der Waals surface area contributed by atoms with Gasteiger partial charge < -0.3 is 10.2 Å². The van der Waals surface area contributed by atoms with E-state index in [4.69, 9.17) is 4.98 Å². The minimum absolute atomic E-state index is 0. The molecule has 342 valence electrons. The maximum Gasteiger partial charge on any atom is 0.127 e. The number of nitrogens with zero attached hydrogens (tertiary/aromatic N) is 1. The van der Waals surface area contributed by atoms with Gasteiger partial charge in [-0.3, -0.25) is 0 Å². The van der Waals surface area contributed by atoms with Crippen LogP contribution in [-0.4, -0.2) is 15.2 Å². The molecular weight excluding hydrogens is 918 g/mol. The molecule has 9 rings (SSSR count). The van der Waals surface area contributed by atoms with E-state index in [2.05, 4.69) is 231 Å². The Morgan fingerprint density at radius 3 is 0.870 bits per heavy atom. The van der Waals surface area contributed by atoms with Crippen molar-refractivity contribution in [3.8, 4) is 56.3 Å². The Hall–Kier alpha value is -6.61. The van der Waals surface area contributed by atoms with Crippen molar-refractivity contribution in [3.63, 3.8) is 0 Å². The van der Waals surface area contributed by atoms with Gasteiger partial charge in [-0.25, -0.2) is 4.98 Å². The Bertz CT molecular complexity index is 3010. The number of aromatic nitrogens is 1. The number of phenols is 2. The number of pyridine rings is 1. The van der Waals surface area contributed by atoms with Crippen molar-refractivity contribution in [3.05, 3.63) is 257 Å². The summed E-state index contributed by atoms with van der Waals surface area (Å²) in [6.45, 7) is 17.8. The quantitative estimate of drug-likeness (QED) is 0.128. The van der Waals surface area contributed by atoms with Crippen LogP contribution in [-0.2, 0) is 47.9 Å². The van der Waals surface area contributed by atoms with Gasteiger partial charge in [0.05, 0.1) is 11.4 Å². The second-order valence-corrected chi connectivity index (χ2v) is 20.3. The Kier molecular flexibility index (Phi) is 13.7. The summed E-state index contributed by atoms with van der Waals surface area (Å²) in [5.74, 6) is 0.506. The molecule has 0 spiro atoms. The first kappa shape index (κ1) is 48.8. The van der Waals surface area contributed by atoms with Crippen LogP contribution in [0.15, 0.2) is 212 Å². The molecule has 0 saturated heterocycles. The van der Waals surface area contributed by atoms with Gasteiger partial charge in [0.2, 0.25) is 0 Å². The second kappa shape index (κ2) is 19.4. The summed E-state index contributed by atoms with van der Waals surface area (Å²) >= 11 is 0. The number of aromatic hydroxyl groups is 2. The molecule has 0 fully saturated rings. The normalized spacial score (nSPS) is 12.1. The van der Waals surface area contributed by atoms with Gasteiger partial charge >= 0.3 is 0 Å².